The van der Waals surface area contributed by atoms with E-state index in [1.54, 1.807) is 11.1 Å². The molecule has 1 aliphatic rings. The van der Waals surface area contributed by atoms with Crippen molar-refractivity contribution in [2.24, 2.45) is 5.92 Å². The average molecular weight is 150 g/mol. The van der Waals surface area contributed by atoms with E-state index in [1.165, 1.54) is 17.6 Å². The fourth-order valence-electron chi connectivity index (χ4n) is 1.75. The fourth-order valence-corrected chi connectivity index (χ4v) is 1.75. The van der Waals surface area contributed by atoms with Crippen LogP contribution >= 0.6 is 0 Å². The first-order chi connectivity index (χ1) is 5.04. The van der Waals surface area contributed by atoms with Crippen molar-refractivity contribution in [2.45, 2.75) is 41.0 Å². The van der Waals surface area contributed by atoms with E-state index >= 15 is 0 Å². The van der Waals surface area contributed by atoms with Gasteiger partial charge in [-0.1, -0.05) is 18.1 Å². The lowest BCUT2D eigenvalue weighted by Gasteiger charge is -2.24. The molecule has 0 aromatic rings. The zero-order valence-corrected chi connectivity index (χ0v) is 8.28. The average Bonchev–Trinajstić information content (AvgIpc) is 1.97. The molecule has 1 aliphatic carbocycles. The largest absolute Gasteiger partial charge is 0.0696 e. The van der Waals surface area contributed by atoms with E-state index in [9.17, 15) is 0 Å². The summed E-state index contributed by atoms with van der Waals surface area (Å²) >= 11 is 0. The van der Waals surface area contributed by atoms with Gasteiger partial charge in [-0.15, -0.1) is 0 Å². The van der Waals surface area contributed by atoms with Gasteiger partial charge in [0.2, 0.25) is 0 Å². The molecule has 0 saturated carbocycles. The summed E-state index contributed by atoms with van der Waals surface area (Å²) in [5, 5.41) is 0. The van der Waals surface area contributed by atoms with Gasteiger partial charge in [-0.2, -0.15) is 0 Å². The highest BCUT2D eigenvalue weighted by Crippen LogP contribution is 2.33. The lowest BCUT2D eigenvalue weighted by molar-refractivity contribution is 0.645. The monoisotopic (exact) mass is 150 g/mol. The van der Waals surface area contributed by atoms with Crippen LogP contribution in [0.4, 0.5) is 0 Å². The molecule has 1 atom stereocenters. The van der Waals surface area contributed by atoms with Crippen molar-refractivity contribution in [3.05, 3.63) is 22.3 Å². The maximum absolute atomic E-state index is 2.31. The topological polar surface area (TPSA) is 0 Å². The minimum Gasteiger partial charge on any atom is -0.0696 e. The predicted octanol–water partition coefficient (Wildman–Crippen LogP) is 3.70. The smallest absolute Gasteiger partial charge is 0.0191 e. The highest BCUT2D eigenvalue weighted by Gasteiger charge is 2.15. The fraction of sp³-hybridized carbons (Fsp3) is 0.636. The summed E-state index contributed by atoms with van der Waals surface area (Å²) in [5.41, 5.74) is 6.18. The number of hydrogen-bond acceptors (Lipinski definition) is 0. The Bertz CT molecular complexity index is 228. The van der Waals surface area contributed by atoms with Crippen molar-refractivity contribution in [3.63, 3.8) is 0 Å². The molecule has 0 nitrogen and oxygen atoms in total. The van der Waals surface area contributed by atoms with Crippen LogP contribution in [-0.4, -0.2) is 0 Å². The first-order valence-electron chi connectivity index (χ1n) is 4.38. The second-order valence-electron chi connectivity index (χ2n) is 3.82. The number of rotatable bonds is 0. The van der Waals surface area contributed by atoms with Crippen molar-refractivity contribution in [3.8, 4) is 0 Å². The van der Waals surface area contributed by atoms with Crippen LogP contribution in [0.1, 0.15) is 41.0 Å². The van der Waals surface area contributed by atoms with Gasteiger partial charge in [0, 0.05) is 0 Å². The van der Waals surface area contributed by atoms with Crippen molar-refractivity contribution in [1.82, 2.24) is 0 Å². The van der Waals surface area contributed by atoms with Crippen LogP contribution in [0.5, 0.6) is 0 Å². The van der Waals surface area contributed by atoms with Crippen LogP contribution in [0.25, 0.3) is 0 Å². The van der Waals surface area contributed by atoms with Gasteiger partial charge in [0.1, 0.15) is 0 Å². The first-order valence-corrected chi connectivity index (χ1v) is 4.38. The van der Waals surface area contributed by atoms with Gasteiger partial charge >= 0.3 is 0 Å². The van der Waals surface area contributed by atoms with Gasteiger partial charge in [0.15, 0.2) is 0 Å². The van der Waals surface area contributed by atoms with Crippen LogP contribution in [0, 0.1) is 5.92 Å². The normalized spacial score (nSPS) is 26.5. The Morgan fingerprint density at radius 1 is 1.00 bits per heavy atom. The molecule has 0 aromatic heterocycles. The molecule has 0 fully saturated rings. The Morgan fingerprint density at radius 2 is 1.55 bits per heavy atom. The summed E-state index contributed by atoms with van der Waals surface area (Å²) < 4.78 is 0. The predicted molar refractivity (Wildman–Crippen MR) is 50.5 cm³/mol. The molecule has 0 amide bonds. The summed E-state index contributed by atoms with van der Waals surface area (Å²) in [4.78, 5) is 0. The van der Waals surface area contributed by atoms with E-state index in [-0.39, 0.29) is 0 Å². The van der Waals surface area contributed by atoms with E-state index in [4.69, 9.17) is 0 Å². The summed E-state index contributed by atoms with van der Waals surface area (Å²) in [6.07, 6.45) is 1.26. The van der Waals surface area contributed by atoms with Crippen molar-refractivity contribution in [2.75, 3.05) is 0 Å². The summed E-state index contributed by atoms with van der Waals surface area (Å²) in [6.45, 7) is 11.3. The van der Waals surface area contributed by atoms with Gasteiger partial charge < -0.3 is 0 Å². The highest BCUT2D eigenvalue weighted by molar-refractivity contribution is 5.39. The molecule has 0 heteroatoms. The third-order valence-corrected chi connectivity index (χ3v) is 3.15. The van der Waals surface area contributed by atoms with E-state index in [0.29, 0.717) is 0 Å². The lowest BCUT2D eigenvalue weighted by Crippen LogP contribution is -2.07. The Hall–Kier alpha value is -0.520. The van der Waals surface area contributed by atoms with Crippen molar-refractivity contribution in [1.29, 1.82) is 0 Å². The first kappa shape index (κ1) is 8.58. The number of hydrogen-bond donors (Lipinski definition) is 0. The van der Waals surface area contributed by atoms with Crippen LogP contribution in [-0.2, 0) is 0 Å². The van der Waals surface area contributed by atoms with Crippen LogP contribution in [0.3, 0.4) is 0 Å². The quantitative estimate of drug-likeness (QED) is 0.494. The molecule has 0 aliphatic heterocycles. The van der Waals surface area contributed by atoms with Gasteiger partial charge in [-0.25, -0.2) is 0 Å². The summed E-state index contributed by atoms with van der Waals surface area (Å²) in [7, 11) is 0. The van der Waals surface area contributed by atoms with Crippen molar-refractivity contribution >= 4 is 0 Å². The van der Waals surface area contributed by atoms with Gasteiger partial charge in [0.05, 0.1) is 0 Å². The third kappa shape index (κ3) is 1.40. The summed E-state index contributed by atoms with van der Waals surface area (Å²) in [5.74, 6) is 0.763. The molecule has 11 heavy (non-hydrogen) atoms. The van der Waals surface area contributed by atoms with Gasteiger partial charge in [-0.3, -0.25) is 0 Å². The highest BCUT2D eigenvalue weighted by atomic mass is 14.2. The van der Waals surface area contributed by atoms with E-state index in [0.717, 1.165) is 5.92 Å². The second kappa shape index (κ2) is 2.84. The SMILES string of the molecule is CC1=C(C)C(C)=C(C)C(C)C1. The standard InChI is InChI=1S/C11H18/c1-7-6-8(2)10(4)11(5)9(7)3/h7H,6H2,1-5H3. The zero-order valence-electron chi connectivity index (χ0n) is 8.28. The molecule has 62 valence electrons. The maximum atomic E-state index is 2.31. The van der Waals surface area contributed by atoms with E-state index in [1.807, 2.05) is 0 Å². The Balaban J connectivity index is 3.07. The van der Waals surface area contributed by atoms with Crippen LogP contribution < -0.4 is 0 Å². The number of allylic oxidation sites excluding steroid dienone is 4. The van der Waals surface area contributed by atoms with Gasteiger partial charge in [-0.05, 0) is 51.2 Å². The molecule has 0 N–H and O–H groups in total. The minimum atomic E-state index is 0.763. The molecule has 0 bridgehead atoms. The van der Waals surface area contributed by atoms with Crippen LogP contribution in [0.15, 0.2) is 22.3 Å². The summed E-state index contributed by atoms with van der Waals surface area (Å²) in [6, 6.07) is 0. The minimum absolute atomic E-state index is 0.763. The molecule has 0 heterocycles. The molecule has 1 rings (SSSR count). The van der Waals surface area contributed by atoms with E-state index in [2.05, 4.69) is 34.6 Å². The molecule has 0 aromatic carbocycles. The Morgan fingerprint density at radius 3 is 2.09 bits per heavy atom. The molecule has 0 saturated heterocycles. The Labute approximate surface area is 70.0 Å². The van der Waals surface area contributed by atoms with Gasteiger partial charge in [0.25, 0.3) is 0 Å². The molecule has 1 unspecified atom stereocenters. The Kier molecular flexibility index (Phi) is 2.22. The molecule has 0 spiro atoms. The van der Waals surface area contributed by atoms with E-state index < -0.39 is 0 Å². The maximum Gasteiger partial charge on any atom is -0.0191 e. The molecular weight excluding hydrogens is 132 g/mol. The lowest BCUT2D eigenvalue weighted by atomic mass is 9.82. The second-order valence-corrected chi connectivity index (χ2v) is 3.82. The molecular formula is C11H18. The van der Waals surface area contributed by atoms with Crippen LogP contribution in [0.2, 0.25) is 0 Å². The third-order valence-electron chi connectivity index (χ3n) is 3.15. The van der Waals surface area contributed by atoms with Crippen molar-refractivity contribution < 1.29 is 0 Å². The zero-order chi connectivity index (χ0) is 8.59. The molecule has 0 radical (unpaired) electrons.